The van der Waals surface area contributed by atoms with Crippen LogP contribution in [0.2, 0.25) is 0 Å². The molecule has 4 heteroatoms. The van der Waals surface area contributed by atoms with Crippen LogP contribution in [-0.4, -0.2) is 14.5 Å². The van der Waals surface area contributed by atoms with Crippen molar-refractivity contribution in [1.29, 1.82) is 0 Å². The van der Waals surface area contributed by atoms with E-state index in [0.29, 0.717) is 0 Å². The number of rotatable bonds is 8. The summed E-state index contributed by atoms with van der Waals surface area (Å²) in [4.78, 5) is 11.3. The molecular formula is C68H44N4. The SMILES string of the molecule is c1ccc(N(c2ccc(-n3c4ccccc4c4ccccc43)cc2)c2ccc3c(-c4cccc(-c5ccc6ccncc6c5)c4)c4ccccc4c(-c4cccc(-c5ccc6ccncc6c5)c4)c3c2)cc1. The first-order chi connectivity index (χ1) is 35.7. The molecule has 3 heterocycles. The maximum absolute atomic E-state index is 4.45. The van der Waals surface area contributed by atoms with E-state index in [9.17, 15) is 0 Å². The zero-order valence-electron chi connectivity index (χ0n) is 39.2. The summed E-state index contributed by atoms with van der Waals surface area (Å²) in [5.74, 6) is 0. The van der Waals surface area contributed by atoms with Gasteiger partial charge in [0.2, 0.25) is 0 Å². The highest BCUT2D eigenvalue weighted by molar-refractivity contribution is 6.22. The van der Waals surface area contributed by atoms with Crippen molar-refractivity contribution in [2.75, 3.05) is 4.90 Å². The first-order valence-electron chi connectivity index (χ1n) is 24.5. The average molecular weight is 917 g/mol. The Bertz CT molecular complexity index is 4350. The minimum absolute atomic E-state index is 1.07. The van der Waals surface area contributed by atoms with E-state index in [1.807, 2.05) is 24.8 Å². The summed E-state index contributed by atoms with van der Waals surface area (Å²) in [7, 11) is 0. The highest BCUT2D eigenvalue weighted by Gasteiger charge is 2.21. The number of hydrogen-bond acceptors (Lipinski definition) is 3. The van der Waals surface area contributed by atoms with Gasteiger partial charge in [0.15, 0.2) is 0 Å². The summed E-state index contributed by atoms with van der Waals surface area (Å²) < 4.78 is 2.38. The Labute approximate surface area is 417 Å². The normalized spacial score (nSPS) is 11.6. The molecule has 3 aromatic heterocycles. The number of para-hydroxylation sites is 3. The summed E-state index contributed by atoms with van der Waals surface area (Å²) >= 11 is 0. The fraction of sp³-hybridized carbons (Fsp3) is 0. The Morgan fingerprint density at radius 3 is 1.32 bits per heavy atom. The Morgan fingerprint density at radius 1 is 0.278 bits per heavy atom. The van der Waals surface area contributed by atoms with Gasteiger partial charge in [-0.25, -0.2) is 0 Å². The minimum Gasteiger partial charge on any atom is -0.310 e. The molecule has 0 aliphatic heterocycles. The van der Waals surface area contributed by atoms with E-state index < -0.39 is 0 Å². The molecule has 14 rings (SSSR count). The summed E-state index contributed by atoms with van der Waals surface area (Å²) in [6.45, 7) is 0. The Morgan fingerprint density at radius 2 is 0.736 bits per heavy atom. The molecule has 0 bridgehead atoms. The van der Waals surface area contributed by atoms with Crippen LogP contribution in [-0.2, 0) is 0 Å². The van der Waals surface area contributed by atoms with E-state index in [1.54, 1.807) is 0 Å². The minimum atomic E-state index is 1.07. The maximum atomic E-state index is 4.45. The molecule has 0 radical (unpaired) electrons. The van der Waals surface area contributed by atoms with Crippen LogP contribution in [0.4, 0.5) is 17.1 Å². The van der Waals surface area contributed by atoms with Gasteiger partial charge in [0.25, 0.3) is 0 Å². The molecule has 0 atom stereocenters. The van der Waals surface area contributed by atoms with Gasteiger partial charge in [0.05, 0.1) is 11.0 Å². The van der Waals surface area contributed by atoms with Crippen LogP contribution in [0.3, 0.4) is 0 Å². The van der Waals surface area contributed by atoms with Crippen molar-refractivity contribution in [3.05, 3.63) is 267 Å². The maximum Gasteiger partial charge on any atom is 0.0541 e. The lowest BCUT2D eigenvalue weighted by molar-refractivity contribution is 1.17. The number of benzene rings is 11. The van der Waals surface area contributed by atoms with Crippen molar-refractivity contribution in [2.24, 2.45) is 0 Å². The molecule has 0 saturated heterocycles. The van der Waals surface area contributed by atoms with Crippen molar-refractivity contribution in [2.45, 2.75) is 0 Å². The third-order valence-electron chi connectivity index (χ3n) is 14.5. The molecule has 0 saturated carbocycles. The second-order valence-corrected chi connectivity index (χ2v) is 18.6. The third-order valence-corrected chi connectivity index (χ3v) is 14.5. The second-order valence-electron chi connectivity index (χ2n) is 18.6. The second kappa shape index (κ2) is 17.1. The largest absolute Gasteiger partial charge is 0.310 e. The topological polar surface area (TPSA) is 34.0 Å². The van der Waals surface area contributed by atoms with Gasteiger partial charge >= 0.3 is 0 Å². The van der Waals surface area contributed by atoms with Gasteiger partial charge in [-0.2, -0.15) is 0 Å². The predicted molar refractivity (Wildman–Crippen MR) is 303 cm³/mol. The van der Waals surface area contributed by atoms with Crippen molar-refractivity contribution in [1.82, 2.24) is 14.5 Å². The van der Waals surface area contributed by atoms with Gasteiger partial charge in [0.1, 0.15) is 0 Å². The number of nitrogens with zero attached hydrogens (tertiary/aromatic N) is 4. The Balaban J connectivity index is 0.986. The first kappa shape index (κ1) is 41.3. The Kier molecular flexibility index (Phi) is 9.82. The van der Waals surface area contributed by atoms with Crippen molar-refractivity contribution >= 4 is 82.0 Å². The highest BCUT2D eigenvalue weighted by Crippen LogP contribution is 2.48. The van der Waals surface area contributed by atoms with Gasteiger partial charge < -0.3 is 9.47 Å². The monoisotopic (exact) mass is 916 g/mol. The van der Waals surface area contributed by atoms with Crippen LogP contribution in [0.5, 0.6) is 0 Å². The van der Waals surface area contributed by atoms with E-state index in [1.165, 1.54) is 70.8 Å². The molecule has 72 heavy (non-hydrogen) atoms. The van der Waals surface area contributed by atoms with E-state index in [2.05, 4.69) is 262 Å². The average Bonchev–Trinajstić information content (AvgIpc) is 3.79. The van der Waals surface area contributed by atoms with E-state index in [0.717, 1.165) is 61.3 Å². The molecule has 336 valence electrons. The third kappa shape index (κ3) is 7.00. The summed E-state index contributed by atoms with van der Waals surface area (Å²) in [6.07, 6.45) is 7.61. The number of pyridine rings is 2. The fourth-order valence-corrected chi connectivity index (χ4v) is 11.1. The standard InChI is InChI=1S/C68H44N4/c1-2-16-55(17-3-1)71(56-28-30-57(31-29-56)72-65-22-8-6-18-59(65)60-19-7-9-23-66(60)72)58-32-33-63-64(42-58)68(52-15-11-13-48(39-52)50-27-25-46-35-37-70-44-54(46)41-50)62-21-5-4-20-61(62)67(63)51-14-10-12-47(38-51)49-26-24-45-34-36-69-43-53(45)40-49/h1-44H. The number of hydrogen-bond donors (Lipinski definition) is 0. The van der Waals surface area contributed by atoms with Gasteiger partial charge in [-0.1, -0.05) is 146 Å². The summed E-state index contributed by atoms with van der Waals surface area (Å²) in [5.41, 5.74) is 16.1. The van der Waals surface area contributed by atoms with Crippen LogP contribution < -0.4 is 4.90 Å². The number of aromatic nitrogens is 3. The number of fused-ring (bicyclic) bond motifs is 7. The van der Waals surface area contributed by atoms with Crippen LogP contribution >= 0.6 is 0 Å². The highest BCUT2D eigenvalue weighted by atomic mass is 15.1. The lowest BCUT2D eigenvalue weighted by Crippen LogP contribution is -2.10. The van der Waals surface area contributed by atoms with Gasteiger partial charge in [0, 0.05) is 69.1 Å². The zero-order valence-corrected chi connectivity index (χ0v) is 39.2. The molecule has 11 aromatic carbocycles. The molecular weight excluding hydrogens is 873 g/mol. The molecule has 0 aliphatic carbocycles. The van der Waals surface area contributed by atoms with Gasteiger partial charge in [-0.3, -0.25) is 9.97 Å². The van der Waals surface area contributed by atoms with E-state index in [-0.39, 0.29) is 0 Å². The lowest BCUT2D eigenvalue weighted by atomic mass is 9.84. The fourth-order valence-electron chi connectivity index (χ4n) is 11.1. The van der Waals surface area contributed by atoms with Crippen LogP contribution in [0, 0.1) is 0 Å². The van der Waals surface area contributed by atoms with E-state index >= 15 is 0 Å². The van der Waals surface area contributed by atoms with Crippen molar-refractivity contribution in [3.63, 3.8) is 0 Å². The lowest BCUT2D eigenvalue weighted by Gasteiger charge is -2.27. The number of anilines is 3. The smallest absolute Gasteiger partial charge is 0.0541 e. The summed E-state index contributed by atoms with van der Waals surface area (Å²) in [6, 6.07) is 88.8. The Hall–Kier alpha value is -9.64. The first-order valence-corrected chi connectivity index (χ1v) is 24.5. The molecule has 14 aromatic rings. The summed E-state index contributed by atoms with van der Waals surface area (Å²) in [5, 5.41) is 11.9. The molecule has 0 N–H and O–H groups in total. The molecule has 4 nitrogen and oxygen atoms in total. The van der Waals surface area contributed by atoms with E-state index in [4.69, 9.17) is 0 Å². The molecule has 0 amide bonds. The van der Waals surface area contributed by atoms with Gasteiger partial charge in [-0.15, -0.1) is 0 Å². The van der Waals surface area contributed by atoms with Crippen LogP contribution in [0.25, 0.3) is 115 Å². The molecule has 0 spiro atoms. The zero-order chi connectivity index (χ0) is 47.5. The predicted octanol–water partition coefficient (Wildman–Crippen LogP) is 18.3. The van der Waals surface area contributed by atoms with Crippen molar-refractivity contribution < 1.29 is 0 Å². The molecule has 0 aliphatic rings. The molecule has 0 fully saturated rings. The van der Waals surface area contributed by atoms with Crippen molar-refractivity contribution in [3.8, 4) is 50.2 Å². The quantitative estimate of drug-likeness (QED) is 0.142. The van der Waals surface area contributed by atoms with Crippen LogP contribution in [0.1, 0.15) is 0 Å². The van der Waals surface area contributed by atoms with Crippen LogP contribution in [0.15, 0.2) is 267 Å². The molecule has 0 unspecified atom stereocenters. The van der Waals surface area contributed by atoms with Gasteiger partial charge in [-0.05, 0) is 174 Å².